The largest absolute Gasteiger partial charge is 0.481 e. The minimum absolute atomic E-state index is 0.0638. The molecule has 1 heterocycles. The molecule has 1 saturated carbocycles. The highest BCUT2D eigenvalue weighted by Gasteiger charge is 2.49. The maximum Gasteiger partial charge on any atom is 0.307 e. The van der Waals surface area contributed by atoms with Crippen molar-refractivity contribution in [1.82, 2.24) is 4.90 Å². The van der Waals surface area contributed by atoms with E-state index in [-0.39, 0.29) is 11.8 Å². The van der Waals surface area contributed by atoms with Crippen molar-refractivity contribution in [3.8, 4) is 0 Å². The van der Waals surface area contributed by atoms with Crippen LogP contribution in [-0.2, 0) is 9.59 Å². The van der Waals surface area contributed by atoms with E-state index >= 15 is 0 Å². The molecule has 4 heteroatoms. The zero-order valence-electron chi connectivity index (χ0n) is 8.98. The summed E-state index contributed by atoms with van der Waals surface area (Å²) in [5.41, 5.74) is 0. The predicted molar refractivity (Wildman–Crippen MR) is 54.2 cm³/mol. The number of rotatable bonds is 2. The predicted octanol–water partition coefficient (Wildman–Crippen LogP) is 0.966. The molecule has 1 N–H and O–H groups in total. The molecule has 2 rings (SSSR count). The first-order chi connectivity index (χ1) is 7.09. The van der Waals surface area contributed by atoms with Gasteiger partial charge >= 0.3 is 5.97 Å². The van der Waals surface area contributed by atoms with Crippen LogP contribution < -0.4 is 0 Å². The molecule has 0 unspecified atom stereocenters. The van der Waals surface area contributed by atoms with Crippen LogP contribution in [0.5, 0.6) is 0 Å². The standard InChI is InChI=1S/C11H17NO3/c1-7-3-2-4-12(6-7)10(13)8-5-9(8)11(14)15/h7-9H,2-6H2,1H3,(H,14,15)/t7-,8-,9-/m1/s1. The van der Waals surface area contributed by atoms with Gasteiger partial charge in [0.2, 0.25) is 5.91 Å². The summed E-state index contributed by atoms with van der Waals surface area (Å²) in [6.45, 7) is 3.76. The zero-order chi connectivity index (χ0) is 11.0. The second-order valence-corrected chi connectivity index (χ2v) is 4.82. The number of hydrogen-bond acceptors (Lipinski definition) is 2. The Hall–Kier alpha value is -1.06. The molecule has 1 amide bonds. The number of aliphatic carboxylic acids is 1. The van der Waals surface area contributed by atoms with Crippen molar-refractivity contribution in [3.05, 3.63) is 0 Å². The van der Waals surface area contributed by atoms with E-state index < -0.39 is 11.9 Å². The van der Waals surface area contributed by atoms with Gasteiger partial charge in [-0.1, -0.05) is 6.92 Å². The molecule has 0 aromatic rings. The van der Waals surface area contributed by atoms with Crippen LogP contribution >= 0.6 is 0 Å². The number of carbonyl (C=O) groups excluding carboxylic acids is 1. The molecule has 2 fully saturated rings. The second-order valence-electron chi connectivity index (χ2n) is 4.82. The zero-order valence-corrected chi connectivity index (χ0v) is 8.98. The Bertz CT molecular complexity index is 290. The molecule has 2 aliphatic rings. The number of carboxylic acids is 1. The van der Waals surface area contributed by atoms with Gasteiger partial charge in [-0.3, -0.25) is 9.59 Å². The van der Waals surface area contributed by atoms with Gasteiger partial charge in [0.1, 0.15) is 0 Å². The Morgan fingerprint density at radius 1 is 1.33 bits per heavy atom. The minimum atomic E-state index is -0.821. The van der Waals surface area contributed by atoms with Gasteiger partial charge in [-0.05, 0) is 25.2 Å². The van der Waals surface area contributed by atoms with Crippen molar-refractivity contribution in [3.63, 3.8) is 0 Å². The van der Waals surface area contributed by atoms with Crippen LogP contribution in [0.25, 0.3) is 0 Å². The summed E-state index contributed by atoms with van der Waals surface area (Å²) in [6.07, 6.45) is 2.77. The van der Waals surface area contributed by atoms with E-state index in [4.69, 9.17) is 5.11 Å². The normalized spacial score (nSPS) is 35.0. The average Bonchev–Trinajstić information content (AvgIpc) is 2.96. The van der Waals surface area contributed by atoms with Crippen molar-refractivity contribution in [1.29, 1.82) is 0 Å². The fourth-order valence-corrected chi connectivity index (χ4v) is 2.36. The number of nitrogens with zero attached hydrogens (tertiary/aromatic N) is 1. The van der Waals surface area contributed by atoms with Crippen LogP contribution in [0.15, 0.2) is 0 Å². The molecule has 0 spiro atoms. The highest BCUT2D eigenvalue weighted by molar-refractivity contribution is 5.89. The van der Waals surface area contributed by atoms with Gasteiger partial charge in [-0.25, -0.2) is 0 Å². The molecular weight excluding hydrogens is 194 g/mol. The van der Waals surface area contributed by atoms with Crippen molar-refractivity contribution >= 4 is 11.9 Å². The summed E-state index contributed by atoms with van der Waals surface area (Å²) in [5.74, 6) is -0.834. The van der Waals surface area contributed by atoms with Crippen molar-refractivity contribution < 1.29 is 14.7 Å². The number of carbonyl (C=O) groups is 2. The van der Waals surface area contributed by atoms with Crippen LogP contribution in [-0.4, -0.2) is 35.0 Å². The number of piperidine rings is 1. The van der Waals surface area contributed by atoms with Gasteiger partial charge in [0.05, 0.1) is 11.8 Å². The lowest BCUT2D eigenvalue weighted by Crippen LogP contribution is -2.40. The van der Waals surface area contributed by atoms with E-state index in [1.165, 1.54) is 6.42 Å². The molecule has 1 aliphatic heterocycles. The van der Waals surface area contributed by atoms with E-state index in [9.17, 15) is 9.59 Å². The average molecular weight is 211 g/mol. The van der Waals surface area contributed by atoms with Crippen LogP contribution in [0.1, 0.15) is 26.2 Å². The first-order valence-electron chi connectivity index (χ1n) is 5.61. The smallest absolute Gasteiger partial charge is 0.307 e. The topological polar surface area (TPSA) is 57.6 Å². The van der Waals surface area contributed by atoms with Crippen LogP contribution in [0, 0.1) is 17.8 Å². The summed E-state index contributed by atoms with van der Waals surface area (Å²) in [4.78, 5) is 24.4. The number of carboxylic acid groups (broad SMARTS) is 1. The molecule has 15 heavy (non-hydrogen) atoms. The van der Waals surface area contributed by atoms with E-state index in [2.05, 4.69) is 6.92 Å². The fraction of sp³-hybridized carbons (Fsp3) is 0.818. The third kappa shape index (κ3) is 2.13. The lowest BCUT2D eigenvalue weighted by atomic mass is 10.00. The summed E-state index contributed by atoms with van der Waals surface area (Å²) in [5, 5.41) is 8.75. The number of likely N-dealkylation sites (tertiary alicyclic amines) is 1. The Morgan fingerprint density at radius 3 is 2.60 bits per heavy atom. The Kier molecular flexibility index (Phi) is 2.67. The maximum atomic E-state index is 11.9. The van der Waals surface area contributed by atoms with E-state index in [1.54, 1.807) is 0 Å². The Morgan fingerprint density at radius 2 is 2.07 bits per heavy atom. The molecule has 1 saturated heterocycles. The lowest BCUT2D eigenvalue weighted by Gasteiger charge is -2.31. The quantitative estimate of drug-likeness (QED) is 0.740. The monoisotopic (exact) mass is 211 g/mol. The molecule has 84 valence electrons. The summed E-state index contributed by atoms with van der Waals surface area (Å²) in [6, 6.07) is 0. The highest BCUT2D eigenvalue weighted by Crippen LogP contribution is 2.40. The van der Waals surface area contributed by atoms with E-state index in [0.29, 0.717) is 12.3 Å². The Labute approximate surface area is 89.3 Å². The van der Waals surface area contributed by atoms with Gasteiger partial charge in [-0.15, -0.1) is 0 Å². The molecule has 4 nitrogen and oxygen atoms in total. The molecule has 0 aromatic carbocycles. The van der Waals surface area contributed by atoms with Crippen LogP contribution in [0.3, 0.4) is 0 Å². The number of hydrogen-bond donors (Lipinski definition) is 1. The van der Waals surface area contributed by atoms with Crippen molar-refractivity contribution in [2.24, 2.45) is 17.8 Å². The molecule has 0 radical (unpaired) electrons. The second kappa shape index (κ2) is 3.83. The van der Waals surface area contributed by atoms with Gasteiger partial charge in [0.15, 0.2) is 0 Å². The molecule has 0 bridgehead atoms. The van der Waals surface area contributed by atoms with Crippen molar-refractivity contribution in [2.75, 3.05) is 13.1 Å². The Balaban J connectivity index is 1.89. The number of amides is 1. The highest BCUT2D eigenvalue weighted by atomic mass is 16.4. The summed E-state index contributed by atoms with van der Waals surface area (Å²) < 4.78 is 0. The van der Waals surface area contributed by atoms with E-state index in [1.807, 2.05) is 4.90 Å². The SMILES string of the molecule is C[C@@H]1CCCN(C(=O)[C@@H]2C[C@H]2C(=O)O)C1. The summed E-state index contributed by atoms with van der Waals surface area (Å²) in [7, 11) is 0. The molecule has 3 atom stereocenters. The lowest BCUT2D eigenvalue weighted by molar-refractivity contribution is -0.142. The summed E-state index contributed by atoms with van der Waals surface area (Å²) >= 11 is 0. The van der Waals surface area contributed by atoms with Gasteiger partial charge in [0.25, 0.3) is 0 Å². The van der Waals surface area contributed by atoms with Gasteiger partial charge in [-0.2, -0.15) is 0 Å². The van der Waals surface area contributed by atoms with Crippen LogP contribution in [0.2, 0.25) is 0 Å². The van der Waals surface area contributed by atoms with Crippen molar-refractivity contribution in [2.45, 2.75) is 26.2 Å². The fourth-order valence-electron chi connectivity index (χ4n) is 2.36. The third-order valence-electron chi connectivity index (χ3n) is 3.39. The van der Waals surface area contributed by atoms with Gasteiger partial charge < -0.3 is 10.0 Å². The first-order valence-corrected chi connectivity index (χ1v) is 5.61. The maximum absolute atomic E-state index is 11.9. The molecule has 1 aliphatic carbocycles. The van der Waals surface area contributed by atoms with E-state index in [0.717, 1.165) is 19.5 Å². The molecule has 0 aromatic heterocycles. The van der Waals surface area contributed by atoms with Crippen LogP contribution in [0.4, 0.5) is 0 Å². The van der Waals surface area contributed by atoms with Gasteiger partial charge in [0, 0.05) is 13.1 Å². The third-order valence-corrected chi connectivity index (χ3v) is 3.39. The minimum Gasteiger partial charge on any atom is -0.481 e. The first kappa shape index (κ1) is 10.5. The molecular formula is C11H17NO3.